The van der Waals surface area contributed by atoms with E-state index in [-0.39, 0.29) is 24.4 Å². The van der Waals surface area contributed by atoms with Crippen LogP contribution in [0.4, 0.5) is 0 Å². The molecule has 1 amide bonds. The van der Waals surface area contributed by atoms with Gasteiger partial charge in [-0.3, -0.25) is 14.6 Å². The van der Waals surface area contributed by atoms with E-state index in [0.717, 1.165) is 6.42 Å². The first-order valence-electron chi connectivity index (χ1n) is 10.6. The maximum atomic E-state index is 12.8. The predicted octanol–water partition coefficient (Wildman–Crippen LogP) is 2.00. The van der Waals surface area contributed by atoms with E-state index in [1.54, 1.807) is 22.9 Å². The smallest absolute Gasteiger partial charge is 0.257 e. The summed E-state index contributed by atoms with van der Waals surface area (Å²) in [6, 6.07) is 5.54. The number of nitrogens with zero attached hydrogens (tertiary/aromatic N) is 3. The standard InChI is InChI=1S/C20H24N4O5.C2H6/c1-12-6-8-29-15-11-23-10-14(19(27)22-9-13-5-3-4-7-21-13)17(25)18(26)16(23)20(28-2)24(12)15;1-2/h3-5,7,10,12,15,20,26H,6,8-9,11H2,1-2H3,(H,22,27);1-2H3/t12-,15?,20?;/m1./s1. The number of fused-ring (bicyclic) bond motifs is 2. The third-order valence-electron chi connectivity index (χ3n) is 5.47. The first-order chi connectivity index (χ1) is 15.0. The summed E-state index contributed by atoms with van der Waals surface area (Å²) in [6.07, 6.45) is 3.03. The number of methoxy groups -OCH3 is 1. The number of ether oxygens (including phenoxy) is 2. The number of amides is 1. The molecular formula is C22H30N4O5. The second kappa shape index (κ2) is 10.0. The molecule has 2 aromatic heterocycles. The van der Waals surface area contributed by atoms with Gasteiger partial charge in [0.1, 0.15) is 17.5 Å². The number of carbonyl (C=O) groups is 1. The first kappa shape index (κ1) is 22.9. The Morgan fingerprint density at radius 3 is 2.84 bits per heavy atom. The van der Waals surface area contributed by atoms with Gasteiger partial charge in [0, 0.05) is 25.5 Å². The molecule has 9 nitrogen and oxygen atoms in total. The van der Waals surface area contributed by atoms with Gasteiger partial charge in [0.2, 0.25) is 5.43 Å². The van der Waals surface area contributed by atoms with Gasteiger partial charge >= 0.3 is 0 Å². The molecule has 1 saturated heterocycles. The van der Waals surface area contributed by atoms with E-state index >= 15 is 0 Å². The molecule has 0 aliphatic carbocycles. The lowest BCUT2D eigenvalue weighted by molar-refractivity contribution is -0.212. The lowest BCUT2D eigenvalue weighted by atomic mass is 10.1. The molecule has 0 bridgehead atoms. The van der Waals surface area contributed by atoms with Gasteiger partial charge in [-0.25, -0.2) is 4.90 Å². The third-order valence-corrected chi connectivity index (χ3v) is 5.47. The lowest BCUT2D eigenvalue weighted by Gasteiger charge is -2.48. The molecule has 2 aliphatic rings. The van der Waals surface area contributed by atoms with Crippen LogP contribution in [-0.4, -0.2) is 51.5 Å². The van der Waals surface area contributed by atoms with Crippen LogP contribution >= 0.6 is 0 Å². The van der Waals surface area contributed by atoms with E-state index in [1.165, 1.54) is 13.3 Å². The normalized spacial score (nSPS) is 22.5. The minimum Gasteiger partial charge on any atom is -0.503 e. The number of rotatable bonds is 4. The number of carbonyl (C=O) groups excluding carboxylic acids is 1. The zero-order valence-electron chi connectivity index (χ0n) is 18.4. The fraction of sp³-hybridized carbons (Fsp3) is 0.500. The zero-order chi connectivity index (χ0) is 22.5. The van der Waals surface area contributed by atoms with Gasteiger partial charge in [-0.15, -0.1) is 0 Å². The Morgan fingerprint density at radius 2 is 2.16 bits per heavy atom. The number of pyridine rings is 2. The van der Waals surface area contributed by atoms with Crippen molar-refractivity contribution in [1.82, 2.24) is 19.8 Å². The fourth-order valence-corrected chi connectivity index (χ4v) is 3.97. The monoisotopic (exact) mass is 430 g/mol. The molecule has 31 heavy (non-hydrogen) atoms. The van der Waals surface area contributed by atoms with Gasteiger partial charge in [-0.2, -0.15) is 0 Å². The predicted molar refractivity (Wildman–Crippen MR) is 115 cm³/mol. The Morgan fingerprint density at radius 1 is 1.39 bits per heavy atom. The quantitative estimate of drug-likeness (QED) is 0.764. The van der Waals surface area contributed by atoms with Crippen LogP contribution in [0.5, 0.6) is 5.75 Å². The molecular weight excluding hydrogens is 400 g/mol. The van der Waals surface area contributed by atoms with Crippen molar-refractivity contribution in [2.75, 3.05) is 13.7 Å². The molecule has 2 unspecified atom stereocenters. The Labute approximate surface area is 181 Å². The van der Waals surface area contributed by atoms with Crippen molar-refractivity contribution in [3.05, 3.63) is 57.8 Å². The maximum absolute atomic E-state index is 12.8. The summed E-state index contributed by atoms with van der Waals surface area (Å²) >= 11 is 0. The average molecular weight is 431 g/mol. The van der Waals surface area contributed by atoms with E-state index in [4.69, 9.17) is 9.47 Å². The van der Waals surface area contributed by atoms with E-state index in [2.05, 4.69) is 17.2 Å². The SMILES string of the molecule is CC.COC1c2c(O)c(=O)c(C(=O)NCc3ccccn3)cn2CC2OCC[C@@H](C)N21. The summed E-state index contributed by atoms with van der Waals surface area (Å²) in [5, 5.41) is 13.3. The van der Waals surface area contributed by atoms with E-state index in [9.17, 15) is 14.7 Å². The van der Waals surface area contributed by atoms with Crippen LogP contribution in [0.3, 0.4) is 0 Å². The van der Waals surface area contributed by atoms with Gasteiger partial charge in [-0.05, 0) is 25.5 Å². The number of aromatic hydroxyl groups is 1. The van der Waals surface area contributed by atoms with Crippen molar-refractivity contribution in [2.45, 2.75) is 58.8 Å². The van der Waals surface area contributed by atoms with E-state index in [1.807, 2.05) is 24.8 Å². The van der Waals surface area contributed by atoms with Crippen molar-refractivity contribution < 1.29 is 19.4 Å². The van der Waals surface area contributed by atoms with Gasteiger partial charge < -0.3 is 24.5 Å². The lowest BCUT2D eigenvalue weighted by Crippen LogP contribution is -2.55. The second-order valence-corrected chi connectivity index (χ2v) is 7.26. The number of aromatic nitrogens is 2. The molecule has 4 heterocycles. The molecule has 9 heteroatoms. The number of nitrogens with one attached hydrogen (secondary N) is 1. The van der Waals surface area contributed by atoms with Gasteiger partial charge in [0.15, 0.2) is 12.0 Å². The van der Waals surface area contributed by atoms with Crippen LogP contribution in [0.15, 0.2) is 35.4 Å². The number of hydrogen-bond donors (Lipinski definition) is 2. The highest BCUT2D eigenvalue weighted by Crippen LogP contribution is 2.38. The molecule has 0 spiro atoms. The summed E-state index contributed by atoms with van der Waals surface area (Å²) in [7, 11) is 1.52. The largest absolute Gasteiger partial charge is 0.503 e. The maximum Gasteiger partial charge on any atom is 0.257 e. The molecule has 3 atom stereocenters. The molecule has 0 saturated carbocycles. The van der Waals surface area contributed by atoms with E-state index in [0.29, 0.717) is 24.5 Å². The van der Waals surface area contributed by atoms with Crippen LogP contribution in [0.1, 0.15) is 55.2 Å². The van der Waals surface area contributed by atoms with Crippen molar-refractivity contribution in [3.63, 3.8) is 0 Å². The molecule has 0 aromatic carbocycles. The fourth-order valence-electron chi connectivity index (χ4n) is 3.97. The molecule has 0 radical (unpaired) electrons. The Bertz CT molecular complexity index is 962. The van der Waals surface area contributed by atoms with Crippen molar-refractivity contribution in [1.29, 1.82) is 0 Å². The molecule has 2 N–H and O–H groups in total. The molecule has 2 aliphatic heterocycles. The van der Waals surface area contributed by atoms with Crippen molar-refractivity contribution in [2.24, 2.45) is 0 Å². The zero-order valence-corrected chi connectivity index (χ0v) is 18.4. The highest BCUT2D eigenvalue weighted by molar-refractivity contribution is 5.94. The Balaban J connectivity index is 0.00000132. The van der Waals surface area contributed by atoms with Crippen LogP contribution in [0, 0.1) is 0 Å². The van der Waals surface area contributed by atoms with Gasteiger partial charge in [-0.1, -0.05) is 19.9 Å². The summed E-state index contributed by atoms with van der Waals surface area (Å²) < 4.78 is 13.2. The Kier molecular flexibility index (Phi) is 7.42. The molecule has 168 valence electrons. The Hall–Kier alpha value is -2.75. The molecule has 1 fully saturated rings. The minimum atomic E-state index is -0.721. The van der Waals surface area contributed by atoms with Crippen molar-refractivity contribution in [3.8, 4) is 5.75 Å². The third kappa shape index (κ3) is 4.48. The van der Waals surface area contributed by atoms with E-state index < -0.39 is 23.3 Å². The summed E-state index contributed by atoms with van der Waals surface area (Å²) in [5.74, 6) is -1.04. The summed E-state index contributed by atoms with van der Waals surface area (Å²) in [6.45, 7) is 7.25. The highest BCUT2D eigenvalue weighted by Gasteiger charge is 2.42. The van der Waals surface area contributed by atoms with Gasteiger partial charge in [0.25, 0.3) is 5.91 Å². The van der Waals surface area contributed by atoms with Crippen LogP contribution in [0.25, 0.3) is 0 Å². The van der Waals surface area contributed by atoms with Crippen LogP contribution in [-0.2, 0) is 22.6 Å². The first-order valence-corrected chi connectivity index (χ1v) is 10.6. The second-order valence-electron chi connectivity index (χ2n) is 7.26. The highest BCUT2D eigenvalue weighted by atomic mass is 16.5. The molecule has 4 rings (SSSR count). The number of hydrogen-bond acceptors (Lipinski definition) is 7. The van der Waals surface area contributed by atoms with Crippen molar-refractivity contribution >= 4 is 5.91 Å². The van der Waals surface area contributed by atoms with Crippen LogP contribution in [0.2, 0.25) is 0 Å². The minimum absolute atomic E-state index is 0.130. The summed E-state index contributed by atoms with van der Waals surface area (Å²) in [4.78, 5) is 31.5. The topological polar surface area (TPSA) is 106 Å². The molecule has 2 aromatic rings. The summed E-state index contributed by atoms with van der Waals surface area (Å²) in [5.41, 5.74) is 0.158. The van der Waals surface area contributed by atoms with Gasteiger partial charge in [0.05, 0.1) is 25.4 Å². The average Bonchev–Trinajstić information content (AvgIpc) is 2.80. The van der Waals surface area contributed by atoms with Crippen LogP contribution < -0.4 is 10.7 Å².